The number of rotatable bonds is 3. The number of carbonyl (C=O) groups is 1. The maximum absolute atomic E-state index is 12.0. The van der Waals surface area contributed by atoms with E-state index in [1.165, 1.54) is 12.8 Å². The van der Waals surface area contributed by atoms with Gasteiger partial charge in [-0.2, -0.15) is 0 Å². The molecule has 19 heavy (non-hydrogen) atoms. The van der Waals surface area contributed by atoms with Crippen molar-refractivity contribution in [2.45, 2.75) is 57.0 Å². The third-order valence-corrected chi connectivity index (χ3v) is 5.27. The zero-order chi connectivity index (χ0) is 14.0. The minimum absolute atomic E-state index is 0.428. The highest BCUT2D eigenvalue weighted by atomic mass is 16.4. The molecule has 3 unspecified atom stereocenters. The number of aliphatic carboxylic acids is 1. The molecule has 0 bridgehead atoms. The summed E-state index contributed by atoms with van der Waals surface area (Å²) in [7, 11) is 4.13. The third-order valence-electron chi connectivity index (χ3n) is 5.27. The van der Waals surface area contributed by atoms with Crippen LogP contribution in [-0.2, 0) is 4.79 Å². The molecule has 110 valence electrons. The first-order chi connectivity index (χ1) is 8.95. The maximum atomic E-state index is 12.0. The topological polar surface area (TPSA) is 43.8 Å². The van der Waals surface area contributed by atoms with Gasteiger partial charge in [0.05, 0.1) is 0 Å². The summed E-state index contributed by atoms with van der Waals surface area (Å²) in [4.78, 5) is 16.4. The van der Waals surface area contributed by atoms with E-state index < -0.39 is 11.5 Å². The van der Waals surface area contributed by atoms with Crippen LogP contribution in [0.15, 0.2) is 0 Å². The zero-order valence-corrected chi connectivity index (χ0v) is 12.6. The highest BCUT2D eigenvalue weighted by Crippen LogP contribution is 2.37. The summed E-state index contributed by atoms with van der Waals surface area (Å²) in [6, 6.07) is 0.428. The van der Waals surface area contributed by atoms with Gasteiger partial charge in [0.15, 0.2) is 0 Å². The number of hydrogen-bond acceptors (Lipinski definition) is 3. The first-order valence-electron chi connectivity index (χ1n) is 7.60. The lowest BCUT2D eigenvalue weighted by Crippen LogP contribution is -2.60. The molecular weight excluding hydrogens is 240 g/mol. The molecule has 4 heteroatoms. The SMILES string of the molecule is CC1CCN(C)C(CC2CCCCN2C)(C(=O)O)C1. The van der Waals surface area contributed by atoms with Crippen molar-refractivity contribution in [1.82, 2.24) is 9.80 Å². The van der Waals surface area contributed by atoms with Crippen LogP contribution >= 0.6 is 0 Å². The van der Waals surface area contributed by atoms with Crippen LogP contribution in [0.5, 0.6) is 0 Å². The van der Waals surface area contributed by atoms with Gasteiger partial charge in [0, 0.05) is 6.04 Å². The maximum Gasteiger partial charge on any atom is 0.324 e. The first kappa shape index (κ1) is 14.8. The summed E-state index contributed by atoms with van der Waals surface area (Å²) in [6.45, 7) is 4.21. The Hall–Kier alpha value is -0.610. The molecule has 2 rings (SSSR count). The van der Waals surface area contributed by atoms with Crippen molar-refractivity contribution < 1.29 is 9.90 Å². The van der Waals surface area contributed by atoms with Crippen LogP contribution in [-0.4, -0.2) is 59.6 Å². The van der Waals surface area contributed by atoms with Gasteiger partial charge in [-0.1, -0.05) is 13.3 Å². The minimum Gasteiger partial charge on any atom is -0.480 e. The summed E-state index contributed by atoms with van der Waals surface area (Å²) in [5.41, 5.74) is -0.645. The number of likely N-dealkylation sites (N-methyl/N-ethyl adjacent to an activating group) is 1. The quantitative estimate of drug-likeness (QED) is 0.851. The molecule has 0 aromatic carbocycles. The molecule has 0 amide bonds. The largest absolute Gasteiger partial charge is 0.480 e. The Morgan fingerprint density at radius 1 is 1.26 bits per heavy atom. The van der Waals surface area contributed by atoms with Gasteiger partial charge in [-0.15, -0.1) is 0 Å². The summed E-state index contributed by atoms with van der Waals surface area (Å²) in [6.07, 6.45) is 6.33. The van der Waals surface area contributed by atoms with Gasteiger partial charge in [-0.3, -0.25) is 9.69 Å². The number of carboxylic acid groups (broad SMARTS) is 1. The first-order valence-corrected chi connectivity index (χ1v) is 7.60. The number of hydrogen-bond donors (Lipinski definition) is 1. The second-order valence-corrected chi connectivity index (χ2v) is 6.69. The molecule has 0 radical (unpaired) electrons. The molecule has 4 nitrogen and oxygen atoms in total. The van der Waals surface area contributed by atoms with E-state index in [2.05, 4.69) is 23.8 Å². The van der Waals surface area contributed by atoms with Crippen molar-refractivity contribution in [3.63, 3.8) is 0 Å². The summed E-state index contributed by atoms with van der Waals surface area (Å²) < 4.78 is 0. The molecule has 0 spiro atoms. The van der Waals surface area contributed by atoms with E-state index >= 15 is 0 Å². The molecule has 0 aliphatic carbocycles. The Kier molecular flexibility index (Phi) is 4.51. The van der Waals surface area contributed by atoms with Gasteiger partial charge in [0.2, 0.25) is 0 Å². The lowest BCUT2D eigenvalue weighted by atomic mass is 9.76. The number of nitrogens with zero attached hydrogens (tertiary/aromatic N) is 2. The molecular formula is C15H28N2O2. The van der Waals surface area contributed by atoms with Crippen LogP contribution < -0.4 is 0 Å². The van der Waals surface area contributed by atoms with Crippen molar-refractivity contribution in [3.05, 3.63) is 0 Å². The molecule has 0 aromatic rings. The van der Waals surface area contributed by atoms with Crippen LogP contribution in [0.3, 0.4) is 0 Å². The molecule has 2 heterocycles. The zero-order valence-electron chi connectivity index (χ0n) is 12.6. The number of carboxylic acids is 1. The van der Waals surface area contributed by atoms with E-state index in [4.69, 9.17) is 0 Å². The van der Waals surface area contributed by atoms with Gasteiger partial charge < -0.3 is 10.0 Å². The van der Waals surface area contributed by atoms with Crippen LogP contribution in [0.25, 0.3) is 0 Å². The lowest BCUT2D eigenvalue weighted by molar-refractivity contribution is -0.156. The van der Waals surface area contributed by atoms with Crippen molar-refractivity contribution in [2.24, 2.45) is 5.92 Å². The monoisotopic (exact) mass is 268 g/mol. The second-order valence-electron chi connectivity index (χ2n) is 6.69. The molecule has 0 aromatic heterocycles. The second kappa shape index (κ2) is 5.80. The highest BCUT2D eigenvalue weighted by molar-refractivity contribution is 5.79. The molecule has 1 N–H and O–H groups in total. The smallest absolute Gasteiger partial charge is 0.324 e. The summed E-state index contributed by atoms with van der Waals surface area (Å²) >= 11 is 0. The van der Waals surface area contributed by atoms with E-state index in [-0.39, 0.29) is 0 Å². The normalized spacial score (nSPS) is 38.3. The Morgan fingerprint density at radius 2 is 2.00 bits per heavy atom. The molecule has 2 aliphatic rings. The Balaban J connectivity index is 2.16. The number of likely N-dealkylation sites (tertiary alicyclic amines) is 2. The van der Waals surface area contributed by atoms with Gasteiger partial charge in [-0.25, -0.2) is 0 Å². The summed E-state index contributed by atoms with van der Waals surface area (Å²) in [5.74, 6) is -0.110. The van der Waals surface area contributed by atoms with Gasteiger partial charge in [0.1, 0.15) is 5.54 Å². The fourth-order valence-corrected chi connectivity index (χ4v) is 3.83. The molecule has 3 atom stereocenters. The highest BCUT2D eigenvalue weighted by Gasteiger charge is 2.47. The van der Waals surface area contributed by atoms with E-state index in [0.717, 1.165) is 38.8 Å². The van der Waals surface area contributed by atoms with E-state index in [0.29, 0.717) is 12.0 Å². The minimum atomic E-state index is -0.645. The van der Waals surface area contributed by atoms with Gasteiger partial charge in [-0.05, 0) is 65.2 Å². The van der Waals surface area contributed by atoms with Crippen molar-refractivity contribution in [3.8, 4) is 0 Å². The average molecular weight is 268 g/mol. The molecule has 2 fully saturated rings. The fourth-order valence-electron chi connectivity index (χ4n) is 3.83. The van der Waals surface area contributed by atoms with Crippen molar-refractivity contribution >= 4 is 5.97 Å². The molecule has 0 saturated carbocycles. The average Bonchev–Trinajstić information content (AvgIpc) is 2.36. The standard InChI is InChI=1S/C15H28N2O2/c1-12-7-9-17(3)15(10-12,14(18)19)11-13-6-4-5-8-16(13)2/h12-13H,4-11H2,1-3H3,(H,18,19). The van der Waals surface area contributed by atoms with E-state index in [9.17, 15) is 9.90 Å². The van der Waals surface area contributed by atoms with Crippen LogP contribution in [0.2, 0.25) is 0 Å². The fraction of sp³-hybridized carbons (Fsp3) is 0.933. The Labute approximate surface area is 116 Å². The third kappa shape index (κ3) is 2.95. The Morgan fingerprint density at radius 3 is 2.63 bits per heavy atom. The van der Waals surface area contributed by atoms with E-state index in [1.54, 1.807) is 0 Å². The number of piperidine rings is 2. The van der Waals surface area contributed by atoms with Crippen molar-refractivity contribution in [1.29, 1.82) is 0 Å². The van der Waals surface area contributed by atoms with E-state index in [1.807, 2.05) is 7.05 Å². The lowest BCUT2D eigenvalue weighted by Gasteiger charge is -2.47. The molecule has 2 aliphatic heterocycles. The Bertz CT molecular complexity index is 334. The van der Waals surface area contributed by atoms with Crippen LogP contribution in [0.4, 0.5) is 0 Å². The summed E-state index contributed by atoms with van der Waals surface area (Å²) in [5, 5.41) is 9.83. The van der Waals surface area contributed by atoms with Gasteiger partial charge in [0.25, 0.3) is 0 Å². The van der Waals surface area contributed by atoms with Crippen LogP contribution in [0, 0.1) is 5.92 Å². The van der Waals surface area contributed by atoms with Crippen LogP contribution in [0.1, 0.15) is 45.4 Å². The predicted octanol–water partition coefficient (Wildman–Crippen LogP) is 2.05. The predicted molar refractivity (Wildman–Crippen MR) is 76.3 cm³/mol. The molecule has 2 saturated heterocycles. The van der Waals surface area contributed by atoms with Crippen molar-refractivity contribution in [2.75, 3.05) is 27.2 Å². The van der Waals surface area contributed by atoms with Gasteiger partial charge >= 0.3 is 5.97 Å².